The highest BCUT2D eigenvalue weighted by atomic mass is 19.1. The first-order chi connectivity index (χ1) is 5.70. The van der Waals surface area contributed by atoms with Gasteiger partial charge < -0.3 is 10.0 Å². The molecular formula is C8H10BFO2. The van der Waals surface area contributed by atoms with Crippen LogP contribution < -0.4 is 0 Å². The smallest absolute Gasteiger partial charge is 0.427 e. The first-order valence-electron chi connectivity index (χ1n) is 3.79. The summed E-state index contributed by atoms with van der Waals surface area (Å²) in [6.45, 7) is 0. The van der Waals surface area contributed by atoms with E-state index >= 15 is 0 Å². The van der Waals surface area contributed by atoms with E-state index in [0.717, 1.165) is 0 Å². The van der Waals surface area contributed by atoms with E-state index in [9.17, 15) is 4.39 Å². The van der Waals surface area contributed by atoms with Crippen molar-refractivity contribution in [1.29, 1.82) is 0 Å². The maximum atomic E-state index is 12.9. The third-order valence-electron chi connectivity index (χ3n) is 1.63. The van der Waals surface area contributed by atoms with Crippen molar-refractivity contribution >= 4 is 7.12 Å². The number of hydrogen-bond acceptors (Lipinski definition) is 2. The molecule has 0 atom stereocenters. The molecule has 2 nitrogen and oxygen atoms in total. The Morgan fingerprint density at radius 1 is 1.25 bits per heavy atom. The summed E-state index contributed by atoms with van der Waals surface area (Å²) in [4.78, 5) is 0. The van der Waals surface area contributed by atoms with E-state index in [2.05, 4.69) is 0 Å². The molecule has 0 heterocycles. The fourth-order valence-corrected chi connectivity index (χ4v) is 0.986. The molecular weight excluding hydrogens is 158 g/mol. The summed E-state index contributed by atoms with van der Waals surface area (Å²) in [7, 11) is -1.36. The lowest BCUT2D eigenvalue weighted by Gasteiger charge is -2.01. The Hall–Kier alpha value is -0.865. The molecule has 0 bridgehead atoms. The van der Waals surface area contributed by atoms with Crippen molar-refractivity contribution in [2.75, 3.05) is 0 Å². The summed E-state index contributed by atoms with van der Waals surface area (Å²) < 4.78 is 12.9. The van der Waals surface area contributed by atoms with Crippen LogP contribution in [0.4, 0.5) is 4.39 Å². The lowest BCUT2D eigenvalue weighted by atomic mass is 9.83. The predicted octanol–water partition coefficient (Wildman–Crippen LogP) is 0.841. The minimum absolute atomic E-state index is 0.168. The normalized spacial score (nSPS) is 9.92. The molecule has 0 aliphatic carbocycles. The van der Waals surface area contributed by atoms with Gasteiger partial charge in [0, 0.05) is 0 Å². The van der Waals surface area contributed by atoms with Gasteiger partial charge in [0.05, 0.1) is 0 Å². The highest BCUT2D eigenvalue weighted by Gasteiger charge is 2.08. The second-order valence-electron chi connectivity index (χ2n) is 2.61. The molecule has 12 heavy (non-hydrogen) atoms. The van der Waals surface area contributed by atoms with E-state index < -0.39 is 7.12 Å². The van der Waals surface area contributed by atoms with Gasteiger partial charge in [-0.15, -0.1) is 0 Å². The molecule has 0 aliphatic heterocycles. The van der Waals surface area contributed by atoms with Crippen LogP contribution in [0.5, 0.6) is 0 Å². The Bertz CT molecular complexity index is 253. The summed E-state index contributed by atoms with van der Waals surface area (Å²) in [6.07, 6.45) is 0.519. The maximum Gasteiger partial charge on any atom is 0.451 e. The molecule has 0 saturated heterocycles. The third kappa shape index (κ3) is 2.64. The predicted molar refractivity (Wildman–Crippen MR) is 45.1 cm³/mol. The van der Waals surface area contributed by atoms with Crippen LogP contribution in [0.25, 0.3) is 0 Å². The van der Waals surface area contributed by atoms with Crippen LogP contribution in [0.1, 0.15) is 5.56 Å². The van der Waals surface area contributed by atoms with E-state index in [1.165, 1.54) is 6.07 Å². The van der Waals surface area contributed by atoms with E-state index in [4.69, 9.17) is 10.0 Å². The van der Waals surface area contributed by atoms with Gasteiger partial charge in [-0.2, -0.15) is 0 Å². The SMILES string of the molecule is OB(O)CCc1ccccc1F. The second kappa shape index (κ2) is 4.23. The molecule has 1 rings (SSSR count). The van der Waals surface area contributed by atoms with Gasteiger partial charge in [0.1, 0.15) is 5.82 Å². The lowest BCUT2D eigenvalue weighted by Crippen LogP contribution is -2.11. The fraction of sp³-hybridized carbons (Fsp3) is 0.250. The van der Waals surface area contributed by atoms with Crippen molar-refractivity contribution in [2.45, 2.75) is 12.7 Å². The number of benzene rings is 1. The van der Waals surface area contributed by atoms with Crippen LogP contribution in [0, 0.1) is 5.82 Å². The molecule has 4 heteroatoms. The average Bonchev–Trinajstić information content (AvgIpc) is 2.03. The van der Waals surface area contributed by atoms with Crippen molar-refractivity contribution in [3.05, 3.63) is 35.6 Å². The summed E-state index contributed by atoms with van der Waals surface area (Å²) in [5.41, 5.74) is 0.519. The summed E-state index contributed by atoms with van der Waals surface area (Å²) in [5.74, 6) is -0.293. The van der Waals surface area contributed by atoms with Crippen LogP contribution >= 0.6 is 0 Å². The topological polar surface area (TPSA) is 40.5 Å². The van der Waals surface area contributed by atoms with Crippen molar-refractivity contribution in [3.8, 4) is 0 Å². The maximum absolute atomic E-state index is 12.9. The van der Waals surface area contributed by atoms with Crippen LogP contribution in [0.3, 0.4) is 0 Å². The fourth-order valence-electron chi connectivity index (χ4n) is 0.986. The van der Waals surface area contributed by atoms with Gasteiger partial charge in [0.2, 0.25) is 0 Å². The molecule has 0 fully saturated rings. The number of hydrogen-bond donors (Lipinski definition) is 2. The van der Waals surface area contributed by atoms with Crippen LogP contribution in [0.15, 0.2) is 24.3 Å². The zero-order valence-corrected chi connectivity index (χ0v) is 6.57. The Kier molecular flexibility index (Phi) is 3.25. The molecule has 1 aromatic rings. The molecule has 1 aromatic carbocycles. The number of aryl methyl sites for hydroxylation is 1. The first-order valence-corrected chi connectivity index (χ1v) is 3.79. The average molecular weight is 168 g/mol. The summed E-state index contributed by atoms with van der Waals surface area (Å²) >= 11 is 0. The van der Waals surface area contributed by atoms with Gasteiger partial charge in [-0.3, -0.25) is 0 Å². The van der Waals surface area contributed by atoms with Crippen LogP contribution in [0.2, 0.25) is 6.32 Å². The second-order valence-corrected chi connectivity index (χ2v) is 2.61. The zero-order valence-electron chi connectivity index (χ0n) is 6.57. The molecule has 0 saturated carbocycles. The number of halogens is 1. The van der Waals surface area contributed by atoms with E-state index in [0.29, 0.717) is 12.0 Å². The highest BCUT2D eigenvalue weighted by Crippen LogP contribution is 2.09. The lowest BCUT2D eigenvalue weighted by molar-refractivity contribution is 0.405. The minimum atomic E-state index is -1.36. The van der Waals surface area contributed by atoms with Crippen LogP contribution in [-0.2, 0) is 6.42 Å². The molecule has 2 N–H and O–H groups in total. The summed E-state index contributed by atoms with van der Waals surface area (Å²) in [5, 5.41) is 17.1. The van der Waals surface area contributed by atoms with Crippen molar-refractivity contribution in [3.63, 3.8) is 0 Å². The number of rotatable bonds is 3. The van der Waals surface area contributed by atoms with Gasteiger partial charge in [-0.1, -0.05) is 18.2 Å². The Morgan fingerprint density at radius 2 is 1.92 bits per heavy atom. The summed E-state index contributed by atoms with van der Waals surface area (Å²) in [6, 6.07) is 6.33. The standard InChI is InChI=1S/C8H10BFO2/c10-8-4-2-1-3-7(8)5-6-9(11)12/h1-4,11-12H,5-6H2. The van der Waals surface area contributed by atoms with Crippen molar-refractivity contribution < 1.29 is 14.4 Å². The van der Waals surface area contributed by atoms with Crippen LogP contribution in [-0.4, -0.2) is 17.2 Å². The molecule has 0 unspecified atom stereocenters. The Labute approximate surface area is 70.8 Å². The highest BCUT2D eigenvalue weighted by molar-refractivity contribution is 6.40. The Balaban J connectivity index is 2.57. The van der Waals surface area contributed by atoms with E-state index in [-0.39, 0.29) is 12.1 Å². The van der Waals surface area contributed by atoms with Crippen molar-refractivity contribution in [1.82, 2.24) is 0 Å². The molecule has 64 valence electrons. The molecule has 0 amide bonds. The zero-order chi connectivity index (χ0) is 8.97. The molecule has 0 aromatic heterocycles. The minimum Gasteiger partial charge on any atom is -0.427 e. The van der Waals surface area contributed by atoms with Gasteiger partial charge in [0.25, 0.3) is 0 Å². The monoisotopic (exact) mass is 168 g/mol. The molecule has 0 radical (unpaired) electrons. The molecule has 0 aliphatic rings. The third-order valence-corrected chi connectivity index (χ3v) is 1.63. The van der Waals surface area contributed by atoms with Gasteiger partial charge >= 0.3 is 7.12 Å². The van der Waals surface area contributed by atoms with E-state index in [1.54, 1.807) is 18.2 Å². The quantitative estimate of drug-likeness (QED) is 0.656. The van der Waals surface area contributed by atoms with Gasteiger partial charge in [-0.05, 0) is 24.4 Å². The first kappa shape index (κ1) is 9.22. The molecule has 0 spiro atoms. The Morgan fingerprint density at radius 3 is 2.50 bits per heavy atom. The van der Waals surface area contributed by atoms with Crippen molar-refractivity contribution in [2.24, 2.45) is 0 Å². The largest absolute Gasteiger partial charge is 0.451 e. The van der Waals surface area contributed by atoms with Gasteiger partial charge in [-0.25, -0.2) is 4.39 Å². The van der Waals surface area contributed by atoms with E-state index in [1.807, 2.05) is 0 Å². The van der Waals surface area contributed by atoms with Gasteiger partial charge in [0.15, 0.2) is 0 Å².